The maximum atomic E-state index is 12.3. The van der Waals surface area contributed by atoms with E-state index in [1.165, 1.54) is 5.56 Å². The van der Waals surface area contributed by atoms with Crippen molar-refractivity contribution in [3.63, 3.8) is 0 Å². The molecule has 1 aromatic carbocycles. The molecular formula is C18H19N3OS. The number of thioether (sulfide) groups is 1. The Labute approximate surface area is 139 Å². The van der Waals surface area contributed by atoms with Crippen LogP contribution in [0.1, 0.15) is 30.5 Å². The van der Waals surface area contributed by atoms with Gasteiger partial charge in [-0.3, -0.25) is 14.9 Å². The van der Waals surface area contributed by atoms with Gasteiger partial charge in [0.2, 0.25) is 0 Å². The molecule has 3 aromatic rings. The van der Waals surface area contributed by atoms with Gasteiger partial charge in [0.1, 0.15) is 10.8 Å². The summed E-state index contributed by atoms with van der Waals surface area (Å²) in [7, 11) is 0. The van der Waals surface area contributed by atoms with Gasteiger partial charge in [-0.05, 0) is 23.8 Å². The summed E-state index contributed by atoms with van der Waals surface area (Å²) < 4.78 is 0. The minimum atomic E-state index is 0.206. The maximum absolute atomic E-state index is 12.3. The highest BCUT2D eigenvalue weighted by atomic mass is 32.2. The molecule has 0 saturated heterocycles. The quantitative estimate of drug-likeness (QED) is 0.696. The van der Waals surface area contributed by atoms with E-state index in [0.717, 1.165) is 21.6 Å². The number of nitrogens with zero attached hydrogens (tertiary/aromatic N) is 2. The first kappa shape index (κ1) is 15.7. The molecule has 5 heteroatoms. The first-order valence-corrected chi connectivity index (χ1v) is 8.83. The van der Waals surface area contributed by atoms with Gasteiger partial charge in [0.15, 0.2) is 0 Å². The molecule has 23 heavy (non-hydrogen) atoms. The molecule has 0 aliphatic rings. The standard InChI is InChI=1S/C18H19N3OS/c1-12(13-6-4-3-5-7-13)8-15(22)9-14-10-17-16(11-19-14)18(23-2)21-20-17/h3-7,10-12H,8-9H2,1-2H3,(H,20,21)/t12-/m0/s1. The molecule has 0 amide bonds. The second-order valence-electron chi connectivity index (χ2n) is 5.69. The Bertz CT molecular complexity index is 814. The zero-order valence-electron chi connectivity index (χ0n) is 13.2. The number of aromatic amines is 1. The molecule has 3 rings (SSSR count). The monoisotopic (exact) mass is 325 g/mol. The lowest BCUT2D eigenvalue weighted by atomic mass is 9.94. The van der Waals surface area contributed by atoms with Crippen molar-refractivity contribution in [2.75, 3.05) is 6.26 Å². The Hall–Kier alpha value is -2.14. The van der Waals surface area contributed by atoms with Gasteiger partial charge >= 0.3 is 0 Å². The van der Waals surface area contributed by atoms with Crippen LogP contribution in [0.3, 0.4) is 0 Å². The van der Waals surface area contributed by atoms with Crippen LogP contribution in [0.4, 0.5) is 0 Å². The van der Waals surface area contributed by atoms with Crippen molar-refractivity contribution in [1.82, 2.24) is 15.2 Å². The zero-order chi connectivity index (χ0) is 16.2. The molecule has 0 fully saturated rings. The minimum absolute atomic E-state index is 0.206. The number of Topliss-reactive ketones (excluding diaryl/α,β-unsaturated/α-hetero) is 1. The van der Waals surface area contributed by atoms with Gasteiger partial charge in [0.25, 0.3) is 0 Å². The van der Waals surface area contributed by atoms with Gasteiger partial charge in [-0.1, -0.05) is 37.3 Å². The average Bonchev–Trinajstić information content (AvgIpc) is 2.97. The molecular weight excluding hydrogens is 306 g/mol. The van der Waals surface area contributed by atoms with Gasteiger partial charge in [-0.15, -0.1) is 11.8 Å². The van der Waals surface area contributed by atoms with Crippen molar-refractivity contribution in [2.24, 2.45) is 0 Å². The summed E-state index contributed by atoms with van der Waals surface area (Å²) in [6, 6.07) is 12.1. The largest absolute Gasteiger partial charge is 0.299 e. The van der Waals surface area contributed by atoms with E-state index in [4.69, 9.17) is 0 Å². The van der Waals surface area contributed by atoms with Crippen LogP contribution < -0.4 is 0 Å². The normalized spacial score (nSPS) is 12.4. The molecule has 4 nitrogen and oxygen atoms in total. The molecule has 1 N–H and O–H groups in total. The fourth-order valence-electron chi connectivity index (χ4n) is 2.70. The van der Waals surface area contributed by atoms with E-state index in [1.54, 1.807) is 18.0 Å². The maximum Gasteiger partial charge on any atom is 0.139 e. The summed E-state index contributed by atoms with van der Waals surface area (Å²) in [6.07, 6.45) is 4.68. The van der Waals surface area contributed by atoms with E-state index in [-0.39, 0.29) is 11.7 Å². The third-order valence-corrected chi connectivity index (χ3v) is 4.64. The Balaban J connectivity index is 1.68. The second-order valence-corrected chi connectivity index (χ2v) is 6.48. The van der Waals surface area contributed by atoms with Crippen molar-refractivity contribution in [2.45, 2.75) is 30.7 Å². The van der Waals surface area contributed by atoms with E-state index in [1.807, 2.05) is 30.5 Å². The van der Waals surface area contributed by atoms with Crippen LogP contribution in [0.5, 0.6) is 0 Å². The topological polar surface area (TPSA) is 58.6 Å². The van der Waals surface area contributed by atoms with E-state index in [2.05, 4.69) is 34.2 Å². The first-order chi connectivity index (χ1) is 11.2. The van der Waals surface area contributed by atoms with Crippen LogP contribution in [0.25, 0.3) is 10.9 Å². The number of nitrogens with one attached hydrogen (secondary N) is 1. The van der Waals surface area contributed by atoms with Crippen LogP contribution in [-0.4, -0.2) is 27.2 Å². The molecule has 0 spiro atoms. The molecule has 0 radical (unpaired) electrons. The lowest BCUT2D eigenvalue weighted by Crippen LogP contribution is -2.08. The number of carbonyl (C=O) groups excluding carboxylic acids is 1. The number of ketones is 1. The molecule has 0 unspecified atom stereocenters. The number of carbonyl (C=O) groups is 1. The molecule has 118 valence electrons. The first-order valence-electron chi connectivity index (χ1n) is 7.61. The summed E-state index contributed by atoms with van der Waals surface area (Å²) in [5.41, 5.74) is 2.92. The van der Waals surface area contributed by atoms with Crippen molar-refractivity contribution in [3.05, 3.63) is 53.9 Å². The Morgan fingerprint density at radius 2 is 2.09 bits per heavy atom. The number of fused-ring (bicyclic) bond motifs is 1. The zero-order valence-corrected chi connectivity index (χ0v) is 14.1. The predicted octanol–water partition coefficient (Wildman–Crippen LogP) is 3.99. The Morgan fingerprint density at radius 3 is 2.83 bits per heavy atom. The number of H-pyrrole nitrogens is 1. The van der Waals surface area contributed by atoms with Crippen LogP contribution in [0.2, 0.25) is 0 Å². The summed E-state index contributed by atoms with van der Waals surface area (Å²) >= 11 is 1.58. The highest BCUT2D eigenvalue weighted by Gasteiger charge is 2.13. The molecule has 0 aliphatic carbocycles. The van der Waals surface area contributed by atoms with Gasteiger partial charge in [-0.2, -0.15) is 5.10 Å². The van der Waals surface area contributed by atoms with Gasteiger partial charge in [-0.25, -0.2) is 0 Å². The van der Waals surface area contributed by atoms with E-state index in [0.29, 0.717) is 12.8 Å². The second kappa shape index (κ2) is 6.96. The number of rotatable bonds is 6. The van der Waals surface area contributed by atoms with Crippen molar-refractivity contribution >= 4 is 28.4 Å². The highest BCUT2D eigenvalue weighted by Crippen LogP contribution is 2.24. The summed E-state index contributed by atoms with van der Waals surface area (Å²) in [5.74, 6) is 0.431. The third-order valence-electron chi connectivity index (χ3n) is 3.94. The van der Waals surface area contributed by atoms with E-state index in [9.17, 15) is 4.79 Å². The van der Waals surface area contributed by atoms with E-state index < -0.39 is 0 Å². The number of hydrogen-bond donors (Lipinski definition) is 1. The highest BCUT2D eigenvalue weighted by molar-refractivity contribution is 7.98. The van der Waals surface area contributed by atoms with E-state index >= 15 is 0 Å². The van der Waals surface area contributed by atoms with Crippen molar-refractivity contribution < 1.29 is 4.79 Å². The number of hydrogen-bond acceptors (Lipinski definition) is 4. The average molecular weight is 325 g/mol. The Kier molecular flexibility index (Phi) is 4.76. The lowest BCUT2D eigenvalue weighted by molar-refractivity contribution is -0.118. The van der Waals surface area contributed by atoms with Crippen molar-refractivity contribution in [3.8, 4) is 0 Å². The Morgan fingerprint density at radius 1 is 1.30 bits per heavy atom. The SMILES string of the molecule is CSc1n[nH]c2cc(CC(=O)C[C@H](C)c3ccccc3)ncc12. The molecule has 0 saturated carbocycles. The van der Waals surface area contributed by atoms with Gasteiger partial charge in [0, 0.05) is 24.7 Å². The van der Waals surface area contributed by atoms with Gasteiger partial charge in [0.05, 0.1) is 10.9 Å². The van der Waals surface area contributed by atoms with Gasteiger partial charge < -0.3 is 0 Å². The van der Waals surface area contributed by atoms with Crippen LogP contribution in [0, 0.1) is 0 Å². The predicted molar refractivity (Wildman–Crippen MR) is 93.9 cm³/mol. The molecule has 1 atom stereocenters. The van der Waals surface area contributed by atoms with Crippen LogP contribution >= 0.6 is 11.8 Å². The minimum Gasteiger partial charge on any atom is -0.299 e. The molecule has 2 heterocycles. The lowest BCUT2D eigenvalue weighted by Gasteiger charge is -2.10. The van der Waals surface area contributed by atoms with Crippen LogP contribution in [0.15, 0.2) is 47.6 Å². The molecule has 0 bridgehead atoms. The number of pyridine rings is 1. The third kappa shape index (κ3) is 3.62. The fourth-order valence-corrected chi connectivity index (χ4v) is 3.22. The van der Waals surface area contributed by atoms with Crippen LogP contribution in [-0.2, 0) is 11.2 Å². The summed E-state index contributed by atoms with van der Waals surface area (Å²) in [5, 5.41) is 9.17. The fraction of sp³-hybridized carbons (Fsp3) is 0.278. The number of benzene rings is 1. The smallest absolute Gasteiger partial charge is 0.139 e. The molecule has 0 aliphatic heterocycles. The molecule has 2 aromatic heterocycles. The summed E-state index contributed by atoms with van der Waals surface area (Å²) in [6.45, 7) is 2.09. The summed E-state index contributed by atoms with van der Waals surface area (Å²) in [4.78, 5) is 16.7. The van der Waals surface area contributed by atoms with Crippen molar-refractivity contribution in [1.29, 1.82) is 0 Å². The number of aromatic nitrogens is 3.